The second-order valence-electron chi connectivity index (χ2n) is 6.60. The Morgan fingerprint density at radius 3 is 2.11 bits per heavy atom. The van der Waals surface area contributed by atoms with Crippen LogP contribution in [0.2, 0.25) is 0 Å². The zero-order valence-electron chi connectivity index (χ0n) is 15.8. The molecule has 2 amide bonds. The van der Waals surface area contributed by atoms with E-state index >= 15 is 0 Å². The van der Waals surface area contributed by atoms with Crippen LogP contribution in [0.1, 0.15) is 24.7 Å². The zero-order chi connectivity index (χ0) is 19.9. The van der Waals surface area contributed by atoms with Crippen LogP contribution >= 0.6 is 0 Å². The molecule has 2 N–H and O–H groups in total. The van der Waals surface area contributed by atoms with Crippen molar-refractivity contribution in [2.75, 3.05) is 20.2 Å². The van der Waals surface area contributed by atoms with Crippen LogP contribution < -0.4 is 15.4 Å². The molecule has 1 unspecified atom stereocenters. The molecule has 2 rings (SSSR count). The molecule has 0 saturated carbocycles. The SMILES string of the molecule is COc1ccc(S(=O)(=O)C(CNC(=O)NCC(C)C)c2ccccc2)cc1. The van der Waals surface area contributed by atoms with Crippen molar-refractivity contribution in [1.82, 2.24) is 10.6 Å². The van der Waals surface area contributed by atoms with Gasteiger partial charge in [-0.3, -0.25) is 0 Å². The minimum atomic E-state index is -3.70. The van der Waals surface area contributed by atoms with E-state index in [9.17, 15) is 13.2 Å². The van der Waals surface area contributed by atoms with Crippen molar-refractivity contribution < 1.29 is 17.9 Å². The molecule has 146 valence electrons. The fourth-order valence-electron chi connectivity index (χ4n) is 2.55. The number of nitrogens with one attached hydrogen (secondary N) is 2. The summed E-state index contributed by atoms with van der Waals surface area (Å²) < 4.78 is 31.5. The highest BCUT2D eigenvalue weighted by molar-refractivity contribution is 7.91. The predicted molar refractivity (Wildman–Crippen MR) is 106 cm³/mol. The number of hydrogen-bond donors (Lipinski definition) is 2. The molecule has 2 aromatic rings. The van der Waals surface area contributed by atoms with Crippen molar-refractivity contribution in [1.29, 1.82) is 0 Å². The maximum atomic E-state index is 13.2. The van der Waals surface area contributed by atoms with Gasteiger partial charge in [0.15, 0.2) is 9.84 Å². The van der Waals surface area contributed by atoms with Crippen molar-refractivity contribution in [3.8, 4) is 5.75 Å². The summed E-state index contributed by atoms with van der Waals surface area (Å²) in [6, 6.07) is 14.8. The third-order valence-corrected chi connectivity index (χ3v) is 6.17. The van der Waals surface area contributed by atoms with E-state index in [-0.39, 0.29) is 17.5 Å². The van der Waals surface area contributed by atoms with Crippen molar-refractivity contribution in [2.45, 2.75) is 24.0 Å². The Bertz CT molecular complexity index is 834. The number of hydrogen-bond acceptors (Lipinski definition) is 4. The van der Waals surface area contributed by atoms with Gasteiger partial charge in [0.1, 0.15) is 11.0 Å². The number of sulfone groups is 1. The average molecular weight is 391 g/mol. The van der Waals surface area contributed by atoms with E-state index < -0.39 is 15.1 Å². The predicted octanol–water partition coefficient (Wildman–Crippen LogP) is 3.17. The summed E-state index contributed by atoms with van der Waals surface area (Å²) in [6.07, 6.45) is 0. The minimum absolute atomic E-state index is 0.0255. The molecular weight excluding hydrogens is 364 g/mol. The van der Waals surface area contributed by atoms with E-state index in [0.717, 1.165) is 0 Å². The molecule has 0 aliphatic heterocycles. The lowest BCUT2D eigenvalue weighted by Crippen LogP contribution is -2.40. The molecule has 27 heavy (non-hydrogen) atoms. The standard InChI is InChI=1S/C20H26N2O4S/c1-15(2)13-21-20(23)22-14-19(16-7-5-4-6-8-16)27(24,25)18-11-9-17(26-3)10-12-18/h4-12,15,19H,13-14H2,1-3H3,(H2,21,22,23). The molecule has 2 aromatic carbocycles. The number of carbonyl (C=O) groups excluding carboxylic acids is 1. The molecule has 1 atom stereocenters. The fraction of sp³-hybridized carbons (Fsp3) is 0.350. The van der Waals surface area contributed by atoms with Gasteiger partial charge in [0.05, 0.1) is 12.0 Å². The van der Waals surface area contributed by atoms with Gasteiger partial charge in [0.2, 0.25) is 0 Å². The first-order valence-corrected chi connectivity index (χ1v) is 10.3. The monoisotopic (exact) mass is 390 g/mol. The van der Waals surface area contributed by atoms with Crippen molar-refractivity contribution in [3.05, 3.63) is 60.2 Å². The normalized spacial score (nSPS) is 12.4. The molecule has 0 aliphatic rings. The van der Waals surface area contributed by atoms with Gasteiger partial charge in [0.25, 0.3) is 0 Å². The van der Waals surface area contributed by atoms with Gasteiger partial charge in [-0.25, -0.2) is 13.2 Å². The summed E-state index contributed by atoms with van der Waals surface area (Å²) in [7, 11) is -2.18. The number of amides is 2. The second-order valence-corrected chi connectivity index (χ2v) is 8.74. The summed E-state index contributed by atoms with van der Waals surface area (Å²) >= 11 is 0. The quantitative estimate of drug-likeness (QED) is 0.725. The molecule has 0 saturated heterocycles. The van der Waals surface area contributed by atoms with Crippen LogP contribution in [0.25, 0.3) is 0 Å². The maximum absolute atomic E-state index is 13.2. The number of benzene rings is 2. The van der Waals surface area contributed by atoms with Gasteiger partial charge < -0.3 is 15.4 Å². The molecular formula is C20H26N2O4S. The van der Waals surface area contributed by atoms with Crippen molar-refractivity contribution in [3.63, 3.8) is 0 Å². The summed E-state index contributed by atoms with van der Waals surface area (Å²) in [5.41, 5.74) is 0.623. The topological polar surface area (TPSA) is 84.5 Å². The minimum Gasteiger partial charge on any atom is -0.497 e. The number of rotatable bonds is 8. The smallest absolute Gasteiger partial charge is 0.314 e. The molecule has 0 aromatic heterocycles. The van der Waals surface area contributed by atoms with Gasteiger partial charge >= 0.3 is 6.03 Å². The first-order valence-electron chi connectivity index (χ1n) is 8.79. The first-order chi connectivity index (χ1) is 12.8. The molecule has 0 radical (unpaired) electrons. The molecule has 0 heterocycles. The van der Waals surface area contributed by atoms with E-state index in [1.165, 1.54) is 19.2 Å². The average Bonchev–Trinajstić information content (AvgIpc) is 2.67. The van der Waals surface area contributed by atoms with Crippen LogP contribution in [0, 0.1) is 5.92 Å². The van der Waals surface area contributed by atoms with Crippen molar-refractivity contribution >= 4 is 15.9 Å². The van der Waals surface area contributed by atoms with Crippen LogP contribution in [0.4, 0.5) is 4.79 Å². The second kappa shape index (κ2) is 9.41. The number of methoxy groups -OCH3 is 1. The molecule has 0 spiro atoms. The van der Waals surface area contributed by atoms with Gasteiger partial charge in [-0.05, 0) is 35.7 Å². The molecule has 0 aliphatic carbocycles. The van der Waals surface area contributed by atoms with Crippen LogP contribution in [-0.2, 0) is 9.84 Å². The summed E-state index contributed by atoms with van der Waals surface area (Å²) in [6.45, 7) is 4.47. The van der Waals surface area contributed by atoms with Crippen LogP contribution in [-0.4, -0.2) is 34.6 Å². The molecule has 6 nitrogen and oxygen atoms in total. The Morgan fingerprint density at radius 2 is 1.56 bits per heavy atom. The van der Waals surface area contributed by atoms with Crippen molar-refractivity contribution in [2.24, 2.45) is 5.92 Å². The third-order valence-electron chi connectivity index (χ3n) is 4.05. The van der Waals surface area contributed by atoms with Gasteiger partial charge in [-0.1, -0.05) is 44.2 Å². The molecule has 7 heteroatoms. The summed E-state index contributed by atoms with van der Waals surface area (Å²) in [5.74, 6) is 0.889. The highest BCUT2D eigenvalue weighted by Gasteiger charge is 2.29. The van der Waals surface area contributed by atoms with Crippen LogP contribution in [0.15, 0.2) is 59.5 Å². The Hall–Kier alpha value is -2.54. The Labute approximate surface area is 160 Å². The summed E-state index contributed by atoms with van der Waals surface area (Å²) in [5, 5.41) is 4.52. The first kappa shape index (κ1) is 20.8. The van der Waals surface area contributed by atoms with Gasteiger partial charge in [-0.15, -0.1) is 0 Å². The fourth-order valence-corrected chi connectivity index (χ4v) is 4.21. The van der Waals surface area contributed by atoms with E-state index in [4.69, 9.17) is 4.74 Å². The highest BCUT2D eigenvalue weighted by Crippen LogP contribution is 2.29. The lowest BCUT2D eigenvalue weighted by atomic mass is 10.1. The van der Waals surface area contributed by atoms with Crippen LogP contribution in [0.3, 0.4) is 0 Å². The number of carbonyl (C=O) groups is 1. The third kappa shape index (κ3) is 5.72. The lowest BCUT2D eigenvalue weighted by Gasteiger charge is -2.19. The van der Waals surface area contributed by atoms with Gasteiger partial charge in [0, 0.05) is 13.1 Å². The van der Waals surface area contributed by atoms with E-state index in [1.54, 1.807) is 36.4 Å². The zero-order valence-corrected chi connectivity index (χ0v) is 16.6. The van der Waals surface area contributed by atoms with E-state index in [0.29, 0.717) is 23.8 Å². The van der Waals surface area contributed by atoms with Gasteiger partial charge in [-0.2, -0.15) is 0 Å². The Balaban J connectivity index is 2.25. The lowest BCUT2D eigenvalue weighted by molar-refractivity contribution is 0.239. The maximum Gasteiger partial charge on any atom is 0.314 e. The van der Waals surface area contributed by atoms with E-state index in [1.807, 2.05) is 19.9 Å². The summed E-state index contributed by atoms with van der Waals surface area (Å²) in [4.78, 5) is 12.2. The Kier molecular flexibility index (Phi) is 7.24. The molecule has 0 fully saturated rings. The number of ether oxygens (including phenoxy) is 1. The van der Waals surface area contributed by atoms with Crippen LogP contribution in [0.5, 0.6) is 5.75 Å². The highest BCUT2D eigenvalue weighted by atomic mass is 32.2. The Morgan fingerprint density at radius 1 is 0.963 bits per heavy atom. The largest absolute Gasteiger partial charge is 0.497 e. The number of urea groups is 1. The van der Waals surface area contributed by atoms with E-state index in [2.05, 4.69) is 10.6 Å². The molecule has 0 bridgehead atoms.